The molecule has 3 N–H and O–H groups in total. The minimum atomic E-state index is -0.0376. The third-order valence-electron chi connectivity index (χ3n) is 7.94. The fourth-order valence-electron chi connectivity index (χ4n) is 6.42. The van der Waals surface area contributed by atoms with E-state index in [1.54, 1.807) is 0 Å². The van der Waals surface area contributed by atoms with E-state index in [0.29, 0.717) is 31.0 Å². The molecule has 4 rings (SSSR count). The fourth-order valence-corrected chi connectivity index (χ4v) is 6.42. The largest absolute Gasteiger partial charge is 0.364 e. The van der Waals surface area contributed by atoms with E-state index in [1.807, 2.05) is 28.8 Å². The zero-order valence-corrected chi connectivity index (χ0v) is 20.9. The van der Waals surface area contributed by atoms with Crippen molar-refractivity contribution in [3.8, 4) is 0 Å². The number of anilines is 1. The molecule has 1 aliphatic heterocycles. The maximum absolute atomic E-state index is 13.5. The summed E-state index contributed by atoms with van der Waals surface area (Å²) in [5.41, 5.74) is 7.64. The Labute approximate surface area is 198 Å². The Morgan fingerprint density at radius 1 is 1.12 bits per heavy atom. The van der Waals surface area contributed by atoms with Gasteiger partial charge in [-0.05, 0) is 65.0 Å². The number of likely N-dealkylation sites (tertiary alicyclic amines) is 1. The molecule has 6 nitrogen and oxygen atoms in total. The van der Waals surface area contributed by atoms with Crippen molar-refractivity contribution in [2.45, 2.75) is 109 Å². The molecule has 1 saturated carbocycles. The summed E-state index contributed by atoms with van der Waals surface area (Å²) in [6.45, 7) is 8.08. The molecule has 1 aromatic heterocycles. The van der Waals surface area contributed by atoms with E-state index >= 15 is 0 Å². The predicted octanol–water partition coefficient (Wildman–Crippen LogP) is 5.07. The van der Waals surface area contributed by atoms with Crippen molar-refractivity contribution >= 4 is 16.9 Å². The van der Waals surface area contributed by atoms with Crippen molar-refractivity contribution < 1.29 is 0 Å². The summed E-state index contributed by atoms with van der Waals surface area (Å²) in [6.07, 6.45) is 12.9. The average molecular weight is 454 g/mol. The van der Waals surface area contributed by atoms with Crippen LogP contribution in [0.25, 0.3) is 11.0 Å². The van der Waals surface area contributed by atoms with Crippen LogP contribution in [0, 0.1) is 0 Å². The van der Waals surface area contributed by atoms with Crippen LogP contribution < -0.4 is 16.6 Å². The molecule has 0 spiro atoms. The van der Waals surface area contributed by atoms with E-state index in [1.165, 1.54) is 57.8 Å². The van der Waals surface area contributed by atoms with Gasteiger partial charge in [-0.25, -0.2) is 4.98 Å². The molecule has 1 saturated heterocycles. The summed E-state index contributed by atoms with van der Waals surface area (Å²) in [4.78, 5) is 20.9. The van der Waals surface area contributed by atoms with Gasteiger partial charge in [-0.2, -0.15) is 0 Å². The lowest BCUT2D eigenvalue weighted by Crippen LogP contribution is -2.50. The normalized spacial score (nSPS) is 23.3. The summed E-state index contributed by atoms with van der Waals surface area (Å²) < 4.78 is 1.98. The minimum absolute atomic E-state index is 0.0376. The molecule has 182 valence electrons. The number of fused-ring (bicyclic) bond motifs is 1. The number of rotatable bonds is 7. The topological polar surface area (TPSA) is 76.2 Å². The first-order chi connectivity index (χ1) is 15.9. The van der Waals surface area contributed by atoms with Gasteiger partial charge < -0.3 is 15.6 Å². The Bertz CT molecular complexity index is 976. The van der Waals surface area contributed by atoms with Crippen LogP contribution in [0.15, 0.2) is 29.1 Å². The number of para-hydroxylation sites is 2. The Morgan fingerprint density at radius 2 is 1.82 bits per heavy atom. The molecular formula is C27H43N5O. The van der Waals surface area contributed by atoms with E-state index in [0.717, 1.165) is 17.5 Å². The summed E-state index contributed by atoms with van der Waals surface area (Å²) in [7, 11) is 0. The maximum atomic E-state index is 13.5. The van der Waals surface area contributed by atoms with Gasteiger partial charge in [-0.1, -0.05) is 44.2 Å². The first-order valence-corrected chi connectivity index (χ1v) is 13.2. The monoisotopic (exact) mass is 453 g/mol. The molecule has 6 heteroatoms. The summed E-state index contributed by atoms with van der Waals surface area (Å²) in [5.74, 6) is 0.412. The summed E-state index contributed by atoms with van der Waals surface area (Å²) >= 11 is 0. The molecule has 0 unspecified atom stereocenters. The molecular weight excluding hydrogens is 410 g/mol. The van der Waals surface area contributed by atoms with E-state index in [9.17, 15) is 4.79 Å². The standard InChI is InChI=1S/C27H43N5O/c1-20(31-24-14-10-9-13-23(24)30-25(26(31)33)29-18-17-28)19-22-15-16-27(2,3)32(22)21-11-7-5-4-6-8-12-21/h9-10,13-14,20-22H,4-8,11-12,15-19,28H2,1-3H3,(H,29,30)/t20-,22-/m0/s1. The highest BCUT2D eigenvalue weighted by Crippen LogP contribution is 2.41. The van der Waals surface area contributed by atoms with Crippen LogP contribution in [0.2, 0.25) is 0 Å². The zero-order valence-electron chi connectivity index (χ0n) is 20.9. The lowest BCUT2D eigenvalue weighted by molar-refractivity contribution is 0.0501. The third kappa shape index (κ3) is 5.27. The summed E-state index contributed by atoms with van der Waals surface area (Å²) in [6, 6.07) is 9.28. The van der Waals surface area contributed by atoms with E-state index in [-0.39, 0.29) is 17.1 Å². The highest BCUT2D eigenvalue weighted by Gasteiger charge is 2.43. The van der Waals surface area contributed by atoms with E-state index in [4.69, 9.17) is 5.73 Å². The number of benzene rings is 1. The second-order valence-corrected chi connectivity index (χ2v) is 10.8. The number of nitrogens with two attached hydrogens (primary N) is 1. The van der Waals surface area contributed by atoms with Gasteiger partial charge in [0.15, 0.2) is 5.82 Å². The highest BCUT2D eigenvalue weighted by molar-refractivity contribution is 5.76. The number of nitrogens with one attached hydrogen (secondary N) is 1. The second-order valence-electron chi connectivity index (χ2n) is 10.8. The Kier molecular flexibility index (Phi) is 7.75. The zero-order chi connectivity index (χ0) is 23.4. The molecule has 0 amide bonds. The second kappa shape index (κ2) is 10.6. The lowest BCUT2D eigenvalue weighted by atomic mass is 9.91. The molecule has 2 fully saturated rings. The van der Waals surface area contributed by atoms with E-state index < -0.39 is 0 Å². The average Bonchev–Trinajstić information content (AvgIpc) is 3.06. The van der Waals surface area contributed by atoms with Gasteiger partial charge in [0.25, 0.3) is 5.56 Å². The van der Waals surface area contributed by atoms with Gasteiger partial charge in [0.2, 0.25) is 0 Å². The SMILES string of the molecule is C[C@@H](C[C@@H]1CCC(C)(C)N1C1CCCCCCC1)n1c(=O)c(NCCN)nc2ccccc21. The van der Waals surface area contributed by atoms with Crippen LogP contribution in [-0.2, 0) is 0 Å². The smallest absolute Gasteiger partial charge is 0.294 e. The molecule has 1 aliphatic carbocycles. The molecule has 2 heterocycles. The number of hydrogen-bond donors (Lipinski definition) is 2. The molecule has 2 aromatic rings. The van der Waals surface area contributed by atoms with Gasteiger partial charge in [0.1, 0.15) is 0 Å². The Morgan fingerprint density at radius 3 is 2.55 bits per heavy atom. The van der Waals surface area contributed by atoms with Crippen LogP contribution in [0.4, 0.5) is 5.82 Å². The molecule has 33 heavy (non-hydrogen) atoms. The van der Waals surface area contributed by atoms with Crippen LogP contribution in [-0.4, -0.2) is 45.2 Å². The fraction of sp³-hybridized carbons (Fsp3) is 0.704. The predicted molar refractivity (Wildman–Crippen MR) is 138 cm³/mol. The van der Waals surface area contributed by atoms with Crippen LogP contribution in [0.3, 0.4) is 0 Å². The quantitative estimate of drug-likeness (QED) is 0.612. The van der Waals surface area contributed by atoms with Crippen molar-refractivity contribution in [2.75, 3.05) is 18.4 Å². The molecule has 2 atom stereocenters. The lowest BCUT2D eigenvalue weighted by Gasteiger charge is -2.43. The number of aromatic nitrogens is 2. The van der Waals surface area contributed by atoms with Crippen LogP contribution in [0.5, 0.6) is 0 Å². The summed E-state index contributed by atoms with van der Waals surface area (Å²) in [5, 5.41) is 3.15. The molecule has 0 bridgehead atoms. The third-order valence-corrected chi connectivity index (χ3v) is 7.94. The van der Waals surface area contributed by atoms with Gasteiger partial charge in [-0.15, -0.1) is 0 Å². The van der Waals surface area contributed by atoms with Gasteiger partial charge in [0.05, 0.1) is 11.0 Å². The van der Waals surface area contributed by atoms with Gasteiger partial charge in [-0.3, -0.25) is 9.69 Å². The number of hydrogen-bond acceptors (Lipinski definition) is 5. The molecule has 2 aliphatic rings. The molecule has 1 aromatic carbocycles. The van der Waals surface area contributed by atoms with Gasteiger partial charge >= 0.3 is 0 Å². The van der Waals surface area contributed by atoms with Crippen molar-refractivity contribution in [3.05, 3.63) is 34.6 Å². The minimum Gasteiger partial charge on any atom is -0.364 e. The van der Waals surface area contributed by atoms with Crippen LogP contribution in [0.1, 0.15) is 91.0 Å². The number of nitrogens with zero attached hydrogens (tertiary/aromatic N) is 3. The van der Waals surface area contributed by atoms with Crippen molar-refractivity contribution in [1.82, 2.24) is 14.5 Å². The van der Waals surface area contributed by atoms with Crippen molar-refractivity contribution in [3.63, 3.8) is 0 Å². The van der Waals surface area contributed by atoms with Crippen molar-refractivity contribution in [1.29, 1.82) is 0 Å². The molecule has 0 radical (unpaired) electrons. The van der Waals surface area contributed by atoms with Gasteiger partial charge in [0, 0.05) is 36.8 Å². The Hall–Kier alpha value is -1.92. The first-order valence-electron chi connectivity index (χ1n) is 13.2. The Balaban J connectivity index is 1.63. The maximum Gasteiger partial charge on any atom is 0.294 e. The van der Waals surface area contributed by atoms with Crippen LogP contribution >= 0.6 is 0 Å². The first kappa shape index (κ1) is 24.2. The van der Waals surface area contributed by atoms with E-state index in [2.05, 4.69) is 36.0 Å². The van der Waals surface area contributed by atoms with Crippen molar-refractivity contribution in [2.24, 2.45) is 5.73 Å². The highest BCUT2D eigenvalue weighted by atomic mass is 16.1.